The first-order chi connectivity index (χ1) is 7.81. The number of fused-ring (bicyclic) bond motifs is 1. The summed E-state index contributed by atoms with van der Waals surface area (Å²) in [5.41, 5.74) is 3.21. The van der Waals surface area contributed by atoms with Gasteiger partial charge in [-0.15, -0.1) is 0 Å². The van der Waals surface area contributed by atoms with Crippen LogP contribution in [0.1, 0.15) is 18.9 Å². The van der Waals surface area contributed by atoms with E-state index in [4.69, 9.17) is 0 Å². The highest BCUT2D eigenvalue weighted by molar-refractivity contribution is 5.93. The Hall–Kier alpha value is -1.71. The molecule has 0 aliphatic carbocycles. The summed E-state index contributed by atoms with van der Waals surface area (Å²) in [5.74, 6) is 0. The maximum atomic E-state index is 11.4. The van der Waals surface area contributed by atoms with Crippen LogP contribution < -0.4 is 16.0 Å². The number of benzene rings is 1. The topological polar surface area (TPSA) is 53.2 Å². The van der Waals surface area contributed by atoms with Crippen molar-refractivity contribution in [2.24, 2.45) is 0 Å². The zero-order valence-corrected chi connectivity index (χ0v) is 9.47. The quantitative estimate of drug-likeness (QED) is 0.714. The molecule has 1 heterocycles. The van der Waals surface area contributed by atoms with Crippen LogP contribution in [0.4, 0.5) is 16.2 Å². The summed E-state index contributed by atoms with van der Waals surface area (Å²) in [7, 11) is 0. The van der Waals surface area contributed by atoms with Crippen LogP contribution in [0.25, 0.3) is 0 Å². The summed E-state index contributed by atoms with van der Waals surface area (Å²) >= 11 is 0. The van der Waals surface area contributed by atoms with Crippen LogP contribution in [0.2, 0.25) is 0 Å². The highest BCUT2D eigenvalue weighted by Crippen LogP contribution is 2.29. The van der Waals surface area contributed by atoms with Crippen LogP contribution in [0, 0.1) is 0 Å². The molecule has 2 rings (SSSR count). The van der Waals surface area contributed by atoms with Gasteiger partial charge < -0.3 is 16.0 Å². The van der Waals surface area contributed by atoms with E-state index in [1.807, 2.05) is 19.1 Å². The van der Waals surface area contributed by atoms with Gasteiger partial charge in [-0.1, -0.05) is 12.1 Å². The minimum Gasteiger partial charge on any atom is -0.383 e. The first-order valence-corrected chi connectivity index (χ1v) is 5.72. The summed E-state index contributed by atoms with van der Waals surface area (Å²) in [6.45, 7) is 3.51. The van der Waals surface area contributed by atoms with Crippen molar-refractivity contribution in [1.29, 1.82) is 0 Å². The number of urea groups is 1. The fourth-order valence-corrected chi connectivity index (χ4v) is 1.94. The monoisotopic (exact) mass is 219 g/mol. The normalized spacial score (nSPS) is 13.6. The number of hydrogen-bond acceptors (Lipinski definition) is 2. The SMILES string of the molecule is CCNC(=O)Nc1cccc2c1NCCC2. The van der Waals surface area contributed by atoms with E-state index in [0.717, 1.165) is 30.8 Å². The molecule has 0 fully saturated rings. The number of hydrogen-bond donors (Lipinski definition) is 3. The lowest BCUT2D eigenvalue weighted by molar-refractivity contribution is 0.252. The molecule has 2 amide bonds. The third-order valence-electron chi connectivity index (χ3n) is 2.66. The number of aryl methyl sites for hydroxylation is 1. The lowest BCUT2D eigenvalue weighted by atomic mass is 10.0. The summed E-state index contributed by atoms with van der Waals surface area (Å²) in [5, 5.41) is 8.92. The number of amides is 2. The molecule has 0 spiro atoms. The van der Waals surface area contributed by atoms with Crippen LogP contribution in [-0.4, -0.2) is 19.1 Å². The third kappa shape index (κ3) is 2.27. The number of carbonyl (C=O) groups is 1. The van der Waals surface area contributed by atoms with Crippen LogP contribution in [0.15, 0.2) is 18.2 Å². The Morgan fingerprint density at radius 3 is 3.19 bits per heavy atom. The van der Waals surface area contributed by atoms with Gasteiger partial charge in [0.1, 0.15) is 0 Å². The van der Waals surface area contributed by atoms with E-state index < -0.39 is 0 Å². The zero-order chi connectivity index (χ0) is 11.4. The molecule has 0 unspecified atom stereocenters. The Bertz CT molecular complexity index is 390. The Balaban J connectivity index is 2.17. The molecule has 1 aliphatic heterocycles. The predicted molar refractivity (Wildman–Crippen MR) is 65.9 cm³/mol. The number of rotatable bonds is 2. The number of para-hydroxylation sites is 1. The maximum Gasteiger partial charge on any atom is 0.319 e. The van der Waals surface area contributed by atoms with Crippen LogP contribution in [-0.2, 0) is 6.42 Å². The van der Waals surface area contributed by atoms with Crippen molar-refractivity contribution in [3.05, 3.63) is 23.8 Å². The molecule has 3 N–H and O–H groups in total. The molecule has 16 heavy (non-hydrogen) atoms. The second-order valence-corrected chi connectivity index (χ2v) is 3.85. The van der Waals surface area contributed by atoms with E-state index in [9.17, 15) is 4.79 Å². The summed E-state index contributed by atoms with van der Waals surface area (Å²) in [6.07, 6.45) is 2.23. The molecule has 4 nitrogen and oxygen atoms in total. The fourth-order valence-electron chi connectivity index (χ4n) is 1.94. The minimum absolute atomic E-state index is 0.150. The number of carbonyl (C=O) groups excluding carboxylic acids is 1. The lowest BCUT2D eigenvalue weighted by Crippen LogP contribution is -2.29. The Morgan fingerprint density at radius 1 is 1.50 bits per heavy atom. The van der Waals surface area contributed by atoms with E-state index in [-0.39, 0.29) is 6.03 Å². The van der Waals surface area contributed by atoms with Crippen molar-refractivity contribution in [3.63, 3.8) is 0 Å². The molecule has 0 atom stereocenters. The highest BCUT2D eigenvalue weighted by Gasteiger charge is 2.13. The standard InChI is InChI=1S/C12H17N3O/c1-2-13-12(16)15-10-7-3-5-9-6-4-8-14-11(9)10/h3,5,7,14H,2,4,6,8H2,1H3,(H2,13,15,16). The van der Waals surface area contributed by atoms with Gasteiger partial charge in [0.05, 0.1) is 11.4 Å². The fraction of sp³-hybridized carbons (Fsp3) is 0.417. The van der Waals surface area contributed by atoms with Crippen LogP contribution in [0.3, 0.4) is 0 Å². The van der Waals surface area contributed by atoms with Crippen molar-refractivity contribution >= 4 is 17.4 Å². The van der Waals surface area contributed by atoms with Crippen LogP contribution in [0.5, 0.6) is 0 Å². The minimum atomic E-state index is -0.150. The van der Waals surface area contributed by atoms with Crippen molar-refractivity contribution in [3.8, 4) is 0 Å². The maximum absolute atomic E-state index is 11.4. The van der Waals surface area contributed by atoms with E-state index in [2.05, 4.69) is 22.0 Å². The Labute approximate surface area is 95.4 Å². The van der Waals surface area contributed by atoms with E-state index in [1.165, 1.54) is 5.56 Å². The third-order valence-corrected chi connectivity index (χ3v) is 2.66. The van der Waals surface area contributed by atoms with Gasteiger partial charge in [-0.05, 0) is 31.4 Å². The summed E-state index contributed by atoms with van der Waals surface area (Å²) in [4.78, 5) is 11.4. The van der Waals surface area contributed by atoms with Crippen LogP contribution >= 0.6 is 0 Å². The Kier molecular flexibility index (Phi) is 3.29. The molecule has 0 radical (unpaired) electrons. The van der Waals surface area contributed by atoms with Gasteiger partial charge in [0, 0.05) is 13.1 Å². The van der Waals surface area contributed by atoms with Gasteiger partial charge in [-0.25, -0.2) is 4.79 Å². The average molecular weight is 219 g/mol. The van der Waals surface area contributed by atoms with Gasteiger partial charge in [0.25, 0.3) is 0 Å². The van der Waals surface area contributed by atoms with Gasteiger partial charge in [0.15, 0.2) is 0 Å². The predicted octanol–water partition coefficient (Wildman–Crippen LogP) is 2.19. The summed E-state index contributed by atoms with van der Waals surface area (Å²) in [6, 6.07) is 5.85. The highest BCUT2D eigenvalue weighted by atomic mass is 16.2. The van der Waals surface area contributed by atoms with Crippen molar-refractivity contribution in [2.75, 3.05) is 23.7 Å². The van der Waals surface area contributed by atoms with Gasteiger partial charge >= 0.3 is 6.03 Å². The Morgan fingerprint density at radius 2 is 2.38 bits per heavy atom. The average Bonchev–Trinajstić information content (AvgIpc) is 2.30. The molecule has 0 saturated carbocycles. The molecular formula is C12H17N3O. The van der Waals surface area contributed by atoms with E-state index >= 15 is 0 Å². The molecule has 1 aliphatic rings. The molecule has 1 aromatic carbocycles. The first kappa shape index (κ1) is 10.8. The number of nitrogens with one attached hydrogen (secondary N) is 3. The van der Waals surface area contributed by atoms with Gasteiger partial charge in [-0.2, -0.15) is 0 Å². The molecule has 1 aromatic rings. The molecule has 86 valence electrons. The molecule has 0 aromatic heterocycles. The largest absolute Gasteiger partial charge is 0.383 e. The first-order valence-electron chi connectivity index (χ1n) is 5.72. The molecule has 0 saturated heterocycles. The molecule has 0 bridgehead atoms. The second kappa shape index (κ2) is 4.88. The lowest BCUT2D eigenvalue weighted by Gasteiger charge is -2.21. The molecule has 4 heteroatoms. The van der Waals surface area contributed by atoms with E-state index in [1.54, 1.807) is 0 Å². The van der Waals surface area contributed by atoms with Gasteiger partial charge in [0.2, 0.25) is 0 Å². The van der Waals surface area contributed by atoms with Crippen molar-refractivity contribution in [2.45, 2.75) is 19.8 Å². The smallest absolute Gasteiger partial charge is 0.319 e. The van der Waals surface area contributed by atoms with Crippen molar-refractivity contribution in [1.82, 2.24) is 5.32 Å². The molecular weight excluding hydrogens is 202 g/mol. The second-order valence-electron chi connectivity index (χ2n) is 3.85. The van der Waals surface area contributed by atoms with Gasteiger partial charge in [-0.3, -0.25) is 0 Å². The van der Waals surface area contributed by atoms with Crippen molar-refractivity contribution < 1.29 is 4.79 Å². The number of anilines is 2. The summed E-state index contributed by atoms with van der Waals surface area (Å²) < 4.78 is 0. The van der Waals surface area contributed by atoms with E-state index in [0.29, 0.717) is 6.54 Å². The zero-order valence-electron chi connectivity index (χ0n) is 9.47.